The van der Waals surface area contributed by atoms with E-state index in [1.54, 1.807) is 15.5 Å². The summed E-state index contributed by atoms with van der Waals surface area (Å²) in [4.78, 5) is 17.7. The Labute approximate surface area is 154 Å². The van der Waals surface area contributed by atoms with E-state index in [0.717, 1.165) is 35.0 Å². The number of carbonyl (C=O) groups excluding carboxylic acids is 1. The van der Waals surface area contributed by atoms with Crippen molar-refractivity contribution in [2.75, 3.05) is 11.9 Å². The smallest absolute Gasteiger partial charge is 0.323 e. The van der Waals surface area contributed by atoms with Gasteiger partial charge in [-0.1, -0.05) is 18.2 Å². The van der Waals surface area contributed by atoms with Gasteiger partial charge in [-0.2, -0.15) is 0 Å². The van der Waals surface area contributed by atoms with Crippen LogP contribution in [-0.2, 0) is 13.0 Å². The number of carbonyl (C=O) groups is 1. The van der Waals surface area contributed by atoms with E-state index >= 15 is 0 Å². The van der Waals surface area contributed by atoms with Gasteiger partial charge in [0.2, 0.25) is 0 Å². The number of pyridine rings is 1. The Morgan fingerprint density at radius 1 is 1.22 bits per heavy atom. The first kappa shape index (κ1) is 15.9. The lowest BCUT2D eigenvalue weighted by Crippen LogP contribution is -2.34. The monoisotopic (exact) mass is 363 g/mol. The van der Waals surface area contributed by atoms with Crippen molar-refractivity contribution in [2.24, 2.45) is 0 Å². The maximum atomic E-state index is 14.1. The van der Waals surface area contributed by atoms with Gasteiger partial charge in [0, 0.05) is 29.9 Å². The Kier molecular flexibility index (Phi) is 3.60. The van der Waals surface area contributed by atoms with Gasteiger partial charge in [-0.05, 0) is 36.6 Å². The van der Waals surface area contributed by atoms with E-state index in [9.17, 15) is 9.18 Å². The molecule has 0 fully saturated rings. The molecule has 136 valence electrons. The summed E-state index contributed by atoms with van der Waals surface area (Å²) < 4.78 is 15.8. The summed E-state index contributed by atoms with van der Waals surface area (Å²) >= 11 is 0. The largest absolute Gasteiger partial charge is 0.354 e. The molecule has 0 spiro atoms. The molecule has 0 radical (unpaired) electrons. The van der Waals surface area contributed by atoms with Gasteiger partial charge in [-0.25, -0.2) is 13.7 Å². The normalized spacial score (nSPS) is 14.3. The molecule has 2 N–H and O–H groups in total. The summed E-state index contributed by atoms with van der Waals surface area (Å²) in [5, 5.41) is 8.14. The maximum absolute atomic E-state index is 14.1. The number of aryl methyl sites for hydroxylation is 1. The number of H-pyrrole nitrogens is 1. The summed E-state index contributed by atoms with van der Waals surface area (Å²) in [6.45, 7) is 1.06. The van der Waals surface area contributed by atoms with Gasteiger partial charge >= 0.3 is 6.03 Å². The van der Waals surface area contributed by atoms with Crippen LogP contribution >= 0.6 is 0 Å². The highest BCUT2D eigenvalue weighted by molar-refractivity contribution is 5.90. The number of nitrogens with one attached hydrogen (secondary N) is 2. The fraction of sp³-hybridized carbons (Fsp3) is 0.200. The average Bonchev–Trinajstić information content (AvgIpc) is 3.15. The molecule has 1 aromatic carbocycles. The van der Waals surface area contributed by atoms with Crippen LogP contribution in [0.1, 0.15) is 17.7 Å². The third-order valence-electron chi connectivity index (χ3n) is 5.07. The highest BCUT2D eigenvalue weighted by Gasteiger charge is 2.23. The average molecular weight is 363 g/mol. The minimum atomic E-state index is -0.263. The van der Waals surface area contributed by atoms with Crippen molar-refractivity contribution in [3.63, 3.8) is 0 Å². The van der Waals surface area contributed by atoms with E-state index < -0.39 is 0 Å². The number of nitrogens with zero attached hydrogens (tertiary/aromatic N) is 3. The van der Waals surface area contributed by atoms with Crippen molar-refractivity contribution in [2.45, 2.75) is 19.4 Å². The Hall–Kier alpha value is -3.35. The molecule has 2 amide bonds. The minimum Gasteiger partial charge on any atom is -0.354 e. The first-order chi connectivity index (χ1) is 13.2. The molecule has 5 rings (SSSR count). The molecule has 4 aromatic rings. The number of hydrogen-bond donors (Lipinski definition) is 2. The number of halogens is 1. The first-order valence-electron chi connectivity index (χ1n) is 8.97. The number of benzene rings is 1. The first-order valence-corrected chi connectivity index (χ1v) is 8.97. The van der Waals surface area contributed by atoms with Crippen molar-refractivity contribution < 1.29 is 9.18 Å². The molecule has 0 bridgehead atoms. The maximum Gasteiger partial charge on any atom is 0.323 e. The third kappa shape index (κ3) is 2.71. The molecule has 27 heavy (non-hydrogen) atoms. The van der Waals surface area contributed by atoms with Crippen LogP contribution in [-0.4, -0.2) is 32.1 Å². The molecule has 0 saturated heterocycles. The van der Waals surface area contributed by atoms with Crippen LogP contribution < -0.4 is 5.32 Å². The van der Waals surface area contributed by atoms with Crippen LogP contribution in [0.25, 0.3) is 16.4 Å². The van der Waals surface area contributed by atoms with Crippen LogP contribution in [0.15, 0.2) is 48.7 Å². The van der Waals surface area contributed by atoms with E-state index in [4.69, 9.17) is 0 Å². The Morgan fingerprint density at radius 2 is 2.15 bits per heavy atom. The van der Waals surface area contributed by atoms with Crippen LogP contribution in [0.5, 0.6) is 0 Å². The lowest BCUT2D eigenvalue weighted by atomic mass is 10.1. The number of aromatic nitrogens is 3. The summed E-state index contributed by atoms with van der Waals surface area (Å²) in [5.74, 6) is 0.250. The second-order valence-corrected chi connectivity index (χ2v) is 6.80. The molecule has 0 atom stereocenters. The zero-order chi connectivity index (χ0) is 18.4. The van der Waals surface area contributed by atoms with E-state index in [0.29, 0.717) is 24.4 Å². The molecule has 1 aliphatic heterocycles. The number of rotatable bonds is 1. The Morgan fingerprint density at radius 3 is 3.04 bits per heavy atom. The van der Waals surface area contributed by atoms with Crippen LogP contribution in [0.4, 0.5) is 15.0 Å². The molecule has 0 aliphatic carbocycles. The van der Waals surface area contributed by atoms with Gasteiger partial charge in [0.15, 0.2) is 5.82 Å². The summed E-state index contributed by atoms with van der Waals surface area (Å²) in [7, 11) is 0. The summed E-state index contributed by atoms with van der Waals surface area (Å²) in [6.07, 6.45) is 3.48. The predicted octanol–water partition coefficient (Wildman–Crippen LogP) is 3.94. The van der Waals surface area contributed by atoms with Gasteiger partial charge < -0.3 is 9.88 Å². The molecule has 1 aliphatic rings. The number of fused-ring (bicyclic) bond motifs is 4. The second kappa shape index (κ2) is 6.12. The Balaban J connectivity index is 1.41. The number of urea groups is 1. The van der Waals surface area contributed by atoms with Gasteiger partial charge in [0.1, 0.15) is 5.82 Å². The lowest BCUT2D eigenvalue weighted by molar-refractivity contribution is 0.209. The topological polar surface area (TPSA) is 65.4 Å². The standard InChI is InChI=1S/C20H18FN5O/c21-16-8-3-6-15-14-7-4-9-25(12-17(14)22-19(15)16)20(27)23-18-11-13-5-1-2-10-26(13)24-18/h1-3,5-6,8,10-11,22H,4,7,9,12H2,(H,23,24,27). The summed E-state index contributed by atoms with van der Waals surface area (Å²) in [5.41, 5.74) is 3.44. The number of anilines is 1. The van der Waals surface area contributed by atoms with Gasteiger partial charge in [0.25, 0.3) is 0 Å². The number of hydrogen-bond acceptors (Lipinski definition) is 2. The van der Waals surface area contributed by atoms with Gasteiger partial charge in [-0.3, -0.25) is 5.32 Å². The van der Waals surface area contributed by atoms with E-state index in [-0.39, 0.29) is 11.8 Å². The SMILES string of the molecule is O=C(Nc1cc2ccccn2n1)N1CCCc2c([nH]c3c(F)cccc23)C1. The van der Waals surface area contributed by atoms with Gasteiger partial charge in [-0.15, -0.1) is 5.10 Å². The molecular formula is C20H18FN5O. The number of amides is 2. The lowest BCUT2D eigenvalue weighted by Gasteiger charge is -2.20. The number of aromatic amines is 1. The molecule has 4 heterocycles. The zero-order valence-corrected chi connectivity index (χ0v) is 14.6. The van der Waals surface area contributed by atoms with Crippen molar-refractivity contribution in [1.29, 1.82) is 0 Å². The van der Waals surface area contributed by atoms with Crippen molar-refractivity contribution in [1.82, 2.24) is 19.5 Å². The highest BCUT2D eigenvalue weighted by Crippen LogP contribution is 2.29. The molecule has 3 aromatic heterocycles. The quantitative estimate of drug-likeness (QED) is 0.538. The fourth-order valence-corrected chi connectivity index (χ4v) is 3.79. The zero-order valence-electron chi connectivity index (χ0n) is 14.6. The van der Waals surface area contributed by atoms with Crippen LogP contribution in [0, 0.1) is 5.82 Å². The molecule has 7 heteroatoms. The molecule has 0 unspecified atom stereocenters. The second-order valence-electron chi connectivity index (χ2n) is 6.80. The predicted molar refractivity (Wildman–Crippen MR) is 101 cm³/mol. The third-order valence-corrected chi connectivity index (χ3v) is 5.07. The van der Waals surface area contributed by atoms with Crippen molar-refractivity contribution >= 4 is 28.3 Å². The van der Waals surface area contributed by atoms with E-state index in [2.05, 4.69) is 15.4 Å². The van der Waals surface area contributed by atoms with Crippen LogP contribution in [0.3, 0.4) is 0 Å². The van der Waals surface area contributed by atoms with Crippen molar-refractivity contribution in [3.05, 3.63) is 65.7 Å². The molecular weight excluding hydrogens is 345 g/mol. The molecule has 0 saturated carbocycles. The van der Waals surface area contributed by atoms with E-state index in [1.165, 1.54) is 6.07 Å². The van der Waals surface area contributed by atoms with E-state index in [1.807, 2.05) is 36.5 Å². The Bertz CT molecular complexity index is 1130. The fourth-order valence-electron chi connectivity index (χ4n) is 3.79. The molecule has 6 nitrogen and oxygen atoms in total. The van der Waals surface area contributed by atoms with Crippen LogP contribution in [0.2, 0.25) is 0 Å². The van der Waals surface area contributed by atoms with Gasteiger partial charge in [0.05, 0.1) is 17.6 Å². The highest BCUT2D eigenvalue weighted by atomic mass is 19.1. The number of para-hydroxylation sites is 1. The van der Waals surface area contributed by atoms with Crippen molar-refractivity contribution in [3.8, 4) is 0 Å². The summed E-state index contributed by atoms with van der Waals surface area (Å²) in [6, 6.07) is 12.5. The minimum absolute atomic E-state index is 0.203.